The molecule has 6 nitrogen and oxygen atoms in total. The Morgan fingerprint density at radius 3 is 2.42 bits per heavy atom. The van der Waals surface area contributed by atoms with Crippen LogP contribution in [-0.2, 0) is 21.2 Å². The van der Waals surface area contributed by atoms with Crippen LogP contribution < -0.4 is 4.72 Å². The number of carbonyl (C=O) groups excluding carboxylic acids is 1. The molecular weight excluding hydrogens is 412 g/mol. The molecule has 0 aromatic heterocycles. The van der Waals surface area contributed by atoms with E-state index in [-0.39, 0.29) is 12.1 Å². The molecule has 0 radical (unpaired) electrons. The Morgan fingerprint density at radius 2 is 1.77 bits per heavy atom. The van der Waals surface area contributed by atoms with Crippen molar-refractivity contribution in [2.45, 2.75) is 57.7 Å². The quantitative estimate of drug-likeness (QED) is 0.749. The van der Waals surface area contributed by atoms with Gasteiger partial charge in [-0.15, -0.1) is 0 Å². The molecule has 1 N–H and O–H groups in total. The SMILES string of the molecule is CC(C)(C)OC(=O)N1CCCC(NS(C)(=O)=O)C1Cc1cccc(-c2ccccc2)c1. The van der Waals surface area contributed by atoms with Crippen LogP contribution in [0.5, 0.6) is 0 Å². The number of piperidine rings is 1. The van der Waals surface area contributed by atoms with Crippen LogP contribution in [0, 0.1) is 0 Å². The second-order valence-corrected chi connectivity index (χ2v) is 10.9. The summed E-state index contributed by atoms with van der Waals surface area (Å²) in [6, 6.07) is 17.6. The number of amides is 1. The Bertz CT molecular complexity index is 1000. The summed E-state index contributed by atoms with van der Waals surface area (Å²) < 4.78 is 32.4. The lowest BCUT2D eigenvalue weighted by Crippen LogP contribution is -2.58. The van der Waals surface area contributed by atoms with E-state index < -0.39 is 21.7 Å². The zero-order chi connectivity index (χ0) is 22.6. The van der Waals surface area contributed by atoms with E-state index in [9.17, 15) is 13.2 Å². The third-order valence-corrected chi connectivity index (χ3v) is 5.98. The van der Waals surface area contributed by atoms with Gasteiger partial charge in [0.1, 0.15) is 5.60 Å². The van der Waals surface area contributed by atoms with Crippen LogP contribution in [0.2, 0.25) is 0 Å². The summed E-state index contributed by atoms with van der Waals surface area (Å²) in [5, 5.41) is 0. The predicted molar refractivity (Wildman–Crippen MR) is 123 cm³/mol. The monoisotopic (exact) mass is 444 g/mol. The van der Waals surface area contributed by atoms with Crippen LogP contribution in [0.3, 0.4) is 0 Å². The first kappa shape index (κ1) is 23.3. The van der Waals surface area contributed by atoms with Crippen molar-refractivity contribution in [3.8, 4) is 11.1 Å². The molecule has 1 aliphatic heterocycles. The largest absolute Gasteiger partial charge is 0.444 e. The summed E-state index contributed by atoms with van der Waals surface area (Å²) >= 11 is 0. The van der Waals surface area contributed by atoms with Crippen LogP contribution >= 0.6 is 0 Å². The number of benzene rings is 2. The number of nitrogens with zero attached hydrogens (tertiary/aromatic N) is 1. The number of nitrogens with one attached hydrogen (secondary N) is 1. The summed E-state index contributed by atoms with van der Waals surface area (Å²) in [5.41, 5.74) is 2.63. The third-order valence-electron chi connectivity index (χ3n) is 5.25. The minimum Gasteiger partial charge on any atom is -0.444 e. The van der Waals surface area contributed by atoms with Crippen molar-refractivity contribution in [2.24, 2.45) is 0 Å². The molecule has 1 heterocycles. The molecule has 1 fully saturated rings. The van der Waals surface area contributed by atoms with Gasteiger partial charge in [0.05, 0.1) is 12.3 Å². The predicted octanol–water partition coefficient (Wildman–Crippen LogP) is 4.21. The second-order valence-electron chi connectivity index (χ2n) is 9.15. The third kappa shape index (κ3) is 6.80. The lowest BCUT2D eigenvalue weighted by molar-refractivity contribution is 0.00592. The van der Waals surface area contributed by atoms with E-state index in [0.717, 1.165) is 22.9 Å². The molecule has 2 aromatic rings. The van der Waals surface area contributed by atoms with Crippen molar-refractivity contribution in [2.75, 3.05) is 12.8 Å². The van der Waals surface area contributed by atoms with E-state index in [1.807, 2.05) is 51.1 Å². The average Bonchev–Trinajstić information content (AvgIpc) is 2.68. The number of ether oxygens (including phenoxy) is 1. The molecule has 1 amide bonds. The molecule has 168 valence electrons. The van der Waals surface area contributed by atoms with Gasteiger partial charge < -0.3 is 9.64 Å². The number of hydrogen-bond acceptors (Lipinski definition) is 4. The highest BCUT2D eigenvalue weighted by molar-refractivity contribution is 7.88. The van der Waals surface area contributed by atoms with Crippen molar-refractivity contribution in [1.29, 1.82) is 0 Å². The zero-order valence-electron chi connectivity index (χ0n) is 18.7. The van der Waals surface area contributed by atoms with E-state index in [4.69, 9.17) is 4.74 Å². The fourth-order valence-corrected chi connectivity index (χ4v) is 4.84. The van der Waals surface area contributed by atoms with Gasteiger partial charge >= 0.3 is 6.09 Å². The van der Waals surface area contributed by atoms with Gasteiger partial charge in [0.2, 0.25) is 10.0 Å². The van der Waals surface area contributed by atoms with Crippen molar-refractivity contribution in [1.82, 2.24) is 9.62 Å². The highest BCUT2D eigenvalue weighted by atomic mass is 32.2. The number of hydrogen-bond donors (Lipinski definition) is 1. The minimum atomic E-state index is -3.41. The smallest absolute Gasteiger partial charge is 0.410 e. The van der Waals surface area contributed by atoms with Gasteiger partial charge in [0, 0.05) is 12.6 Å². The Labute approximate surface area is 185 Å². The second kappa shape index (κ2) is 9.40. The van der Waals surface area contributed by atoms with E-state index in [0.29, 0.717) is 25.8 Å². The van der Waals surface area contributed by atoms with E-state index in [1.54, 1.807) is 4.90 Å². The van der Waals surface area contributed by atoms with Gasteiger partial charge in [0.25, 0.3) is 0 Å². The molecule has 1 aliphatic rings. The summed E-state index contributed by atoms with van der Waals surface area (Å²) in [4.78, 5) is 14.6. The van der Waals surface area contributed by atoms with Crippen molar-refractivity contribution < 1.29 is 17.9 Å². The molecule has 7 heteroatoms. The molecule has 0 saturated carbocycles. The molecule has 0 spiro atoms. The van der Waals surface area contributed by atoms with Crippen LogP contribution in [0.1, 0.15) is 39.2 Å². The van der Waals surface area contributed by atoms with Crippen LogP contribution in [0.25, 0.3) is 11.1 Å². The lowest BCUT2D eigenvalue weighted by atomic mass is 9.90. The Morgan fingerprint density at radius 1 is 1.10 bits per heavy atom. The van der Waals surface area contributed by atoms with Gasteiger partial charge in [-0.3, -0.25) is 0 Å². The molecule has 0 bridgehead atoms. The summed E-state index contributed by atoms with van der Waals surface area (Å²) in [6.07, 6.45) is 2.68. The summed E-state index contributed by atoms with van der Waals surface area (Å²) in [6.45, 7) is 6.04. The van der Waals surface area contributed by atoms with Crippen molar-refractivity contribution in [3.63, 3.8) is 0 Å². The number of rotatable bonds is 5. The molecule has 0 aliphatic carbocycles. The van der Waals surface area contributed by atoms with Gasteiger partial charge in [-0.05, 0) is 56.7 Å². The summed E-state index contributed by atoms with van der Waals surface area (Å²) in [7, 11) is -3.41. The highest BCUT2D eigenvalue weighted by Crippen LogP contribution is 2.26. The van der Waals surface area contributed by atoms with E-state index in [1.165, 1.54) is 0 Å². The first-order valence-corrected chi connectivity index (χ1v) is 12.5. The molecule has 2 aromatic carbocycles. The molecule has 2 atom stereocenters. The zero-order valence-corrected chi connectivity index (χ0v) is 19.5. The van der Waals surface area contributed by atoms with Gasteiger partial charge in [0.15, 0.2) is 0 Å². The maximum absolute atomic E-state index is 12.9. The normalized spacial score (nSPS) is 19.8. The molecule has 1 saturated heterocycles. The van der Waals surface area contributed by atoms with Gasteiger partial charge in [-0.25, -0.2) is 17.9 Å². The van der Waals surface area contributed by atoms with Crippen LogP contribution in [-0.4, -0.2) is 49.9 Å². The van der Waals surface area contributed by atoms with Gasteiger partial charge in [-0.1, -0.05) is 54.6 Å². The summed E-state index contributed by atoms with van der Waals surface area (Å²) in [5.74, 6) is 0. The van der Waals surface area contributed by atoms with Crippen LogP contribution in [0.15, 0.2) is 54.6 Å². The first-order valence-electron chi connectivity index (χ1n) is 10.6. The Hall–Kier alpha value is -2.38. The average molecular weight is 445 g/mol. The molecular formula is C24H32N2O4S. The lowest BCUT2D eigenvalue weighted by Gasteiger charge is -2.41. The number of carbonyl (C=O) groups is 1. The van der Waals surface area contributed by atoms with E-state index >= 15 is 0 Å². The number of likely N-dealkylation sites (tertiary alicyclic amines) is 1. The maximum Gasteiger partial charge on any atom is 0.410 e. The molecule has 31 heavy (non-hydrogen) atoms. The van der Waals surface area contributed by atoms with Crippen LogP contribution in [0.4, 0.5) is 4.79 Å². The first-order chi connectivity index (χ1) is 14.5. The van der Waals surface area contributed by atoms with Gasteiger partial charge in [-0.2, -0.15) is 0 Å². The minimum absolute atomic E-state index is 0.329. The Balaban J connectivity index is 1.90. The van der Waals surface area contributed by atoms with E-state index in [2.05, 4.69) is 29.0 Å². The van der Waals surface area contributed by atoms with Crippen molar-refractivity contribution >= 4 is 16.1 Å². The van der Waals surface area contributed by atoms with Crippen molar-refractivity contribution in [3.05, 3.63) is 60.2 Å². The molecule has 2 unspecified atom stereocenters. The maximum atomic E-state index is 12.9. The Kier molecular flexibility index (Phi) is 7.06. The molecule has 3 rings (SSSR count). The topological polar surface area (TPSA) is 75.7 Å². The fraction of sp³-hybridized carbons (Fsp3) is 0.458. The fourth-order valence-electron chi connectivity index (χ4n) is 4.02. The highest BCUT2D eigenvalue weighted by Gasteiger charge is 2.37. The standard InChI is InChI=1S/C24H32N2O4S/c1-24(2,3)30-23(27)26-15-9-14-21(25-31(4,28)29)22(26)17-18-10-8-13-20(16-18)19-11-6-5-7-12-19/h5-8,10-13,16,21-22,25H,9,14-15,17H2,1-4H3. The number of sulfonamides is 1.